The molecule has 2 aromatic rings. The minimum Gasteiger partial charge on any atom is -0.396 e. The smallest absolute Gasteiger partial charge is 0.319 e. The largest absolute Gasteiger partial charge is 0.396 e. The predicted octanol–water partition coefficient (Wildman–Crippen LogP) is 3.25. The first-order chi connectivity index (χ1) is 10.2. The Morgan fingerprint density at radius 2 is 1.76 bits per heavy atom. The monoisotopic (exact) mass is 284 g/mol. The lowest BCUT2D eigenvalue weighted by Gasteiger charge is -2.15. The van der Waals surface area contributed by atoms with Gasteiger partial charge in [-0.15, -0.1) is 0 Å². The first-order valence-corrected chi connectivity index (χ1v) is 7.03. The summed E-state index contributed by atoms with van der Waals surface area (Å²) in [7, 11) is 0. The van der Waals surface area contributed by atoms with Gasteiger partial charge in [-0.2, -0.15) is 0 Å². The molecule has 2 rings (SSSR count). The highest BCUT2D eigenvalue weighted by molar-refractivity contribution is 5.94. The maximum atomic E-state index is 12.0. The molecule has 0 saturated carbocycles. The van der Waals surface area contributed by atoms with E-state index in [-0.39, 0.29) is 18.7 Å². The molecule has 0 heterocycles. The number of carbonyl (C=O) groups is 1. The standard InChI is InChI=1S/C17H20N2O2/c1-13(11-12-20)18-17(21)19-16-10-6-5-9-15(16)14-7-3-2-4-8-14/h2-10,13,20H,11-12H2,1H3,(H2,18,19,21)/t13-/m1/s1. The first-order valence-electron chi connectivity index (χ1n) is 7.03. The highest BCUT2D eigenvalue weighted by Gasteiger charge is 2.10. The van der Waals surface area contributed by atoms with Crippen molar-refractivity contribution in [1.82, 2.24) is 5.32 Å². The van der Waals surface area contributed by atoms with Crippen LogP contribution in [0.25, 0.3) is 11.1 Å². The van der Waals surface area contributed by atoms with Gasteiger partial charge < -0.3 is 15.7 Å². The molecule has 1 atom stereocenters. The fraction of sp³-hybridized carbons (Fsp3) is 0.235. The summed E-state index contributed by atoms with van der Waals surface area (Å²) in [5.41, 5.74) is 2.79. The number of carbonyl (C=O) groups excluding carboxylic acids is 1. The highest BCUT2D eigenvalue weighted by atomic mass is 16.3. The molecule has 0 radical (unpaired) electrons. The van der Waals surface area contributed by atoms with Gasteiger partial charge in [0.15, 0.2) is 0 Å². The van der Waals surface area contributed by atoms with Crippen LogP contribution in [0.5, 0.6) is 0 Å². The van der Waals surface area contributed by atoms with Crippen LogP contribution in [-0.2, 0) is 0 Å². The van der Waals surface area contributed by atoms with Crippen molar-refractivity contribution in [3.63, 3.8) is 0 Å². The van der Waals surface area contributed by atoms with E-state index in [1.165, 1.54) is 0 Å². The van der Waals surface area contributed by atoms with Gasteiger partial charge >= 0.3 is 6.03 Å². The van der Waals surface area contributed by atoms with E-state index in [1.807, 2.05) is 61.5 Å². The fourth-order valence-corrected chi connectivity index (χ4v) is 2.11. The van der Waals surface area contributed by atoms with Gasteiger partial charge in [0.1, 0.15) is 0 Å². The third kappa shape index (κ3) is 4.33. The normalized spacial score (nSPS) is 11.7. The Labute approximate surface area is 124 Å². The number of hydrogen-bond donors (Lipinski definition) is 3. The summed E-state index contributed by atoms with van der Waals surface area (Å²) < 4.78 is 0. The van der Waals surface area contributed by atoms with E-state index >= 15 is 0 Å². The van der Waals surface area contributed by atoms with Crippen molar-refractivity contribution in [3.05, 3.63) is 54.6 Å². The van der Waals surface area contributed by atoms with E-state index in [2.05, 4.69) is 10.6 Å². The van der Waals surface area contributed by atoms with Gasteiger partial charge in [0.05, 0.1) is 5.69 Å². The third-order valence-corrected chi connectivity index (χ3v) is 3.20. The average Bonchev–Trinajstić information content (AvgIpc) is 2.48. The van der Waals surface area contributed by atoms with E-state index in [1.54, 1.807) is 0 Å². The number of aliphatic hydroxyl groups is 1. The summed E-state index contributed by atoms with van der Waals surface area (Å²) in [5.74, 6) is 0. The zero-order valence-corrected chi connectivity index (χ0v) is 12.0. The van der Waals surface area contributed by atoms with E-state index in [0.717, 1.165) is 16.8 Å². The second-order valence-electron chi connectivity index (χ2n) is 4.92. The summed E-state index contributed by atoms with van der Waals surface area (Å²) >= 11 is 0. The number of para-hydroxylation sites is 1. The molecule has 0 bridgehead atoms. The molecule has 21 heavy (non-hydrogen) atoms. The molecule has 0 aliphatic rings. The minimum absolute atomic E-state index is 0.0576. The van der Waals surface area contributed by atoms with Crippen LogP contribution in [0.15, 0.2) is 54.6 Å². The molecule has 0 fully saturated rings. The molecule has 110 valence electrons. The predicted molar refractivity (Wildman–Crippen MR) is 85.2 cm³/mol. The maximum absolute atomic E-state index is 12.0. The molecule has 4 heteroatoms. The Balaban J connectivity index is 2.12. The van der Waals surface area contributed by atoms with Crippen molar-refractivity contribution in [2.75, 3.05) is 11.9 Å². The molecule has 2 amide bonds. The Morgan fingerprint density at radius 1 is 1.10 bits per heavy atom. The van der Waals surface area contributed by atoms with Crippen LogP contribution in [0.1, 0.15) is 13.3 Å². The number of rotatable bonds is 5. The number of urea groups is 1. The van der Waals surface area contributed by atoms with Crippen molar-refractivity contribution in [2.24, 2.45) is 0 Å². The maximum Gasteiger partial charge on any atom is 0.319 e. The van der Waals surface area contributed by atoms with Crippen molar-refractivity contribution in [1.29, 1.82) is 0 Å². The lowest BCUT2D eigenvalue weighted by molar-refractivity contribution is 0.241. The van der Waals surface area contributed by atoms with Crippen LogP contribution in [0.2, 0.25) is 0 Å². The number of anilines is 1. The Hall–Kier alpha value is -2.33. The van der Waals surface area contributed by atoms with Gasteiger partial charge in [0.2, 0.25) is 0 Å². The quantitative estimate of drug-likeness (QED) is 0.789. The van der Waals surface area contributed by atoms with Crippen LogP contribution >= 0.6 is 0 Å². The zero-order valence-electron chi connectivity index (χ0n) is 12.0. The molecule has 0 unspecified atom stereocenters. The highest BCUT2D eigenvalue weighted by Crippen LogP contribution is 2.27. The molecule has 0 aliphatic carbocycles. The molecule has 2 aromatic carbocycles. The molecule has 0 saturated heterocycles. The molecular weight excluding hydrogens is 264 g/mol. The molecule has 0 aromatic heterocycles. The summed E-state index contributed by atoms with van der Waals surface area (Å²) in [6.45, 7) is 1.92. The second kappa shape index (κ2) is 7.45. The van der Waals surface area contributed by atoms with Gasteiger partial charge in [-0.1, -0.05) is 48.5 Å². The Bertz CT molecular complexity index is 584. The zero-order chi connectivity index (χ0) is 15.1. The Kier molecular flexibility index (Phi) is 5.35. The van der Waals surface area contributed by atoms with Crippen molar-refractivity contribution in [2.45, 2.75) is 19.4 Å². The van der Waals surface area contributed by atoms with Gasteiger partial charge in [0.25, 0.3) is 0 Å². The summed E-state index contributed by atoms with van der Waals surface area (Å²) in [5, 5.41) is 14.5. The SMILES string of the molecule is C[C@H](CCO)NC(=O)Nc1ccccc1-c1ccccc1. The average molecular weight is 284 g/mol. The van der Waals surface area contributed by atoms with Crippen LogP contribution < -0.4 is 10.6 Å². The fourth-order valence-electron chi connectivity index (χ4n) is 2.11. The molecule has 4 nitrogen and oxygen atoms in total. The summed E-state index contributed by atoms with van der Waals surface area (Å²) in [6, 6.07) is 17.3. The number of benzene rings is 2. The van der Waals surface area contributed by atoms with Crippen molar-refractivity contribution >= 4 is 11.7 Å². The molecule has 3 N–H and O–H groups in total. The number of amides is 2. The van der Waals surface area contributed by atoms with Gasteiger partial charge in [-0.25, -0.2) is 4.79 Å². The van der Waals surface area contributed by atoms with E-state index in [0.29, 0.717) is 6.42 Å². The Morgan fingerprint density at radius 3 is 2.48 bits per heavy atom. The first kappa shape index (κ1) is 15.1. The third-order valence-electron chi connectivity index (χ3n) is 3.20. The van der Waals surface area contributed by atoms with Crippen LogP contribution in [0.3, 0.4) is 0 Å². The number of hydrogen-bond acceptors (Lipinski definition) is 2. The molecule has 0 aliphatic heterocycles. The van der Waals surface area contributed by atoms with E-state index < -0.39 is 0 Å². The van der Waals surface area contributed by atoms with Gasteiger partial charge in [0, 0.05) is 18.2 Å². The van der Waals surface area contributed by atoms with E-state index in [4.69, 9.17) is 5.11 Å². The van der Waals surface area contributed by atoms with Crippen molar-refractivity contribution in [3.8, 4) is 11.1 Å². The lowest BCUT2D eigenvalue weighted by atomic mass is 10.0. The van der Waals surface area contributed by atoms with Gasteiger partial charge in [-0.05, 0) is 25.0 Å². The van der Waals surface area contributed by atoms with Crippen LogP contribution in [-0.4, -0.2) is 23.8 Å². The van der Waals surface area contributed by atoms with Crippen LogP contribution in [0.4, 0.5) is 10.5 Å². The van der Waals surface area contributed by atoms with E-state index in [9.17, 15) is 4.79 Å². The summed E-state index contributed by atoms with van der Waals surface area (Å²) in [4.78, 5) is 12.0. The lowest BCUT2D eigenvalue weighted by Crippen LogP contribution is -2.36. The molecule has 0 spiro atoms. The second-order valence-corrected chi connectivity index (χ2v) is 4.92. The topological polar surface area (TPSA) is 61.4 Å². The van der Waals surface area contributed by atoms with Gasteiger partial charge in [-0.3, -0.25) is 0 Å². The minimum atomic E-state index is -0.265. The number of aliphatic hydroxyl groups excluding tert-OH is 1. The number of nitrogens with one attached hydrogen (secondary N) is 2. The van der Waals surface area contributed by atoms with Crippen LogP contribution in [0, 0.1) is 0 Å². The van der Waals surface area contributed by atoms with Crippen molar-refractivity contribution < 1.29 is 9.90 Å². The molecular formula is C17H20N2O2. The summed E-state index contributed by atoms with van der Waals surface area (Å²) in [6.07, 6.45) is 0.535.